The first-order chi connectivity index (χ1) is 12.0. The lowest BCUT2D eigenvalue weighted by atomic mass is 10.2. The Morgan fingerprint density at radius 3 is 2.72 bits per heavy atom. The third kappa shape index (κ3) is 5.35. The number of ether oxygens (including phenoxy) is 2. The van der Waals surface area contributed by atoms with Gasteiger partial charge < -0.3 is 20.0 Å². The molecule has 2 aromatic rings. The van der Waals surface area contributed by atoms with Crippen molar-refractivity contribution in [3.05, 3.63) is 57.6 Å². The fourth-order valence-corrected chi connectivity index (χ4v) is 2.38. The van der Waals surface area contributed by atoms with Crippen LogP contribution in [0.15, 0.2) is 41.5 Å². The molecule has 0 fully saturated rings. The third-order valence-electron chi connectivity index (χ3n) is 3.07. The molecule has 0 aromatic heterocycles. The zero-order valence-electron chi connectivity index (χ0n) is 13.3. The number of esters is 1. The summed E-state index contributed by atoms with van der Waals surface area (Å²) in [7, 11) is 1.47. The van der Waals surface area contributed by atoms with Crippen molar-refractivity contribution in [2.75, 3.05) is 20.3 Å². The van der Waals surface area contributed by atoms with E-state index in [4.69, 9.17) is 37.8 Å². The zero-order valence-corrected chi connectivity index (χ0v) is 14.8. The first-order valence-corrected chi connectivity index (χ1v) is 8.02. The molecule has 0 saturated heterocycles. The Hall–Kier alpha value is -2.28. The van der Waals surface area contributed by atoms with E-state index in [9.17, 15) is 4.79 Å². The summed E-state index contributed by atoms with van der Waals surface area (Å²) in [4.78, 5) is 12.3. The number of nitrogens with zero attached hydrogens (tertiary/aromatic N) is 1. The number of halogens is 2. The number of carbonyl (C=O) groups is 1. The maximum Gasteiger partial charge on any atom is 0.345 e. The Balaban J connectivity index is 2.16. The normalized spacial score (nSPS) is 10.7. The Morgan fingerprint density at radius 1 is 1.24 bits per heavy atom. The highest BCUT2D eigenvalue weighted by Gasteiger charge is 2.16. The van der Waals surface area contributed by atoms with Crippen molar-refractivity contribution in [2.24, 2.45) is 5.10 Å². The molecule has 0 heterocycles. The highest BCUT2D eigenvalue weighted by atomic mass is 35.5. The smallest absolute Gasteiger partial charge is 0.345 e. The minimum Gasteiger partial charge on any atom is -0.493 e. The quantitative estimate of drug-likeness (QED) is 0.253. The molecule has 132 valence electrons. The van der Waals surface area contributed by atoms with Gasteiger partial charge in [-0.2, -0.15) is 5.10 Å². The van der Waals surface area contributed by atoms with Crippen LogP contribution in [-0.4, -0.2) is 37.6 Å². The summed E-state index contributed by atoms with van der Waals surface area (Å²) < 4.78 is 10.6. The second kappa shape index (κ2) is 9.27. The van der Waals surface area contributed by atoms with Crippen molar-refractivity contribution in [3.8, 4) is 11.5 Å². The lowest BCUT2D eigenvalue weighted by Crippen LogP contribution is -2.11. The van der Waals surface area contributed by atoms with E-state index in [1.165, 1.54) is 19.2 Å². The Bertz CT molecular complexity index is 781. The average molecular weight is 383 g/mol. The molecule has 0 amide bonds. The van der Waals surface area contributed by atoms with Crippen LogP contribution in [0.2, 0.25) is 10.0 Å². The predicted molar refractivity (Wildman–Crippen MR) is 97.1 cm³/mol. The van der Waals surface area contributed by atoms with Crippen LogP contribution in [-0.2, 0) is 0 Å². The van der Waals surface area contributed by atoms with E-state index in [-0.39, 0.29) is 22.9 Å². The molecular formula is C17H16Cl2N2O4. The topological polar surface area (TPSA) is 80.2 Å². The molecule has 8 heteroatoms. The van der Waals surface area contributed by atoms with Crippen LogP contribution < -0.4 is 14.9 Å². The van der Waals surface area contributed by atoms with Crippen molar-refractivity contribution in [1.29, 1.82) is 0 Å². The standard InChI is InChI=1S/C17H16Cl2N2O4/c1-24-16-8-11(10-21-20-6-7-22)2-5-15(16)25-17(23)13-4-3-12(18)9-14(13)19/h2-5,8-10,20,22H,6-7H2,1H3. The summed E-state index contributed by atoms with van der Waals surface area (Å²) >= 11 is 11.8. The number of benzene rings is 2. The van der Waals surface area contributed by atoms with Crippen LogP contribution >= 0.6 is 23.2 Å². The SMILES string of the molecule is COc1cc(C=NNCCO)ccc1OC(=O)c1ccc(Cl)cc1Cl. The van der Waals surface area contributed by atoms with Gasteiger partial charge in [0.05, 0.1) is 37.1 Å². The first-order valence-electron chi connectivity index (χ1n) is 7.27. The van der Waals surface area contributed by atoms with Gasteiger partial charge in [0.15, 0.2) is 11.5 Å². The predicted octanol–water partition coefficient (Wildman–Crippen LogP) is 3.14. The van der Waals surface area contributed by atoms with Crippen molar-refractivity contribution in [3.63, 3.8) is 0 Å². The summed E-state index contributed by atoms with van der Waals surface area (Å²) in [6, 6.07) is 9.48. The van der Waals surface area contributed by atoms with E-state index in [0.717, 1.165) is 5.56 Å². The maximum absolute atomic E-state index is 12.3. The fraction of sp³-hybridized carbons (Fsp3) is 0.176. The van der Waals surface area contributed by atoms with Crippen LogP contribution in [0.3, 0.4) is 0 Å². The number of aliphatic hydroxyl groups excluding tert-OH is 1. The van der Waals surface area contributed by atoms with Gasteiger partial charge in [-0.1, -0.05) is 23.2 Å². The molecule has 0 aliphatic rings. The summed E-state index contributed by atoms with van der Waals surface area (Å²) in [5.41, 5.74) is 3.60. The fourth-order valence-electron chi connectivity index (χ4n) is 1.89. The first kappa shape index (κ1) is 19.1. The van der Waals surface area contributed by atoms with Crippen LogP contribution in [0.4, 0.5) is 0 Å². The number of carbonyl (C=O) groups excluding carboxylic acids is 1. The summed E-state index contributed by atoms with van der Waals surface area (Å²) in [6.07, 6.45) is 1.56. The highest BCUT2D eigenvalue weighted by Crippen LogP contribution is 2.29. The largest absolute Gasteiger partial charge is 0.493 e. The lowest BCUT2D eigenvalue weighted by Gasteiger charge is -2.10. The highest BCUT2D eigenvalue weighted by molar-refractivity contribution is 6.36. The number of hydrogen-bond acceptors (Lipinski definition) is 6. The van der Waals surface area contributed by atoms with Gasteiger partial charge in [-0.25, -0.2) is 4.79 Å². The Labute approximate surface area is 155 Å². The van der Waals surface area contributed by atoms with Gasteiger partial charge in [-0.3, -0.25) is 0 Å². The molecule has 0 bridgehead atoms. The van der Waals surface area contributed by atoms with Crippen molar-refractivity contribution in [2.45, 2.75) is 0 Å². The second-order valence-electron chi connectivity index (χ2n) is 4.81. The number of methoxy groups -OCH3 is 1. The van der Waals surface area contributed by atoms with Crippen LogP contribution in [0.25, 0.3) is 0 Å². The molecule has 2 rings (SSSR count). The molecular weight excluding hydrogens is 367 g/mol. The molecule has 0 aliphatic carbocycles. The van der Waals surface area contributed by atoms with Gasteiger partial charge in [0, 0.05) is 5.02 Å². The molecule has 25 heavy (non-hydrogen) atoms. The Kier molecular flexibility index (Phi) is 7.06. The minimum absolute atomic E-state index is 0.0111. The summed E-state index contributed by atoms with van der Waals surface area (Å²) in [6.45, 7) is 0.341. The summed E-state index contributed by atoms with van der Waals surface area (Å²) in [5.74, 6) is -0.00507. The number of rotatable bonds is 7. The molecule has 0 spiro atoms. The molecule has 6 nitrogen and oxygen atoms in total. The maximum atomic E-state index is 12.3. The van der Waals surface area contributed by atoms with E-state index in [0.29, 0.717) is 17.3 Å². The van der Waals surface area contributed by atoms with E-state index in [1.54, 1.807) is 30.5 Å². The number of nitrogens with one attached hydrogen (secondary N) is 1. The van der Waals surface area contributed by atoms with E-state index in [2.05, 4.69) is 10.5 Å². The molecule has 0 aliphatic heterocycles. The van der Waals surface area contributed by atoms with Crippen LogP contribution in [0, 0.1) is 0 Å². The van der Waals surface area contributed by atoms with E-state index in [1.807, 2.05) is 0 Å². The molecule has 2 aromatic carbocycles. The van der Waals surface area contributed by atoms with Crippen molar-refractivity contribution in [1.82, 2.24) is 5.43 Å². The number of aliphatic hydroxyl groups is 1. The second-order valence-corrected chi connectivity index (χ2v) is 5.66. The average Bonchev–Trinajstić information content (AvgIpc) is 2.59. The lowest BCUT2D eigenvalue weighted by molar-refractivity contribution is 0.0730. The summed E-state index contributed by atoms with van der Waals surface area (Å²) in [5, 5.41) is 13.2. The van der Waals surface area contributed by atoms with Gasteiger partial charge >= 0.3 is 5.97 Å². The van der Waals surface area contributed by atoms with Gasteiger partial charge in [-0.05, 0) is 42.0 Å². The van der Waals surface area contributed by atoms with Crippen LogP contribution in [0.1, 0.15) is 15.9 Å². The monoisotopic (exact) mass is 382 g/mol. The molecule has 0 unspecified atom stereocenters. The number of hydrazone groups is 1. The third-order valence-corrected chi connectivity index (χ3v) is 3.62. The van der Waals surface area contributed by atoms with Crippen molar-refractivity contribution >= 4 is 35.4 Å². The zero-order chi connectivity index (χ0) is 18.2. The van der Waals surface area contributed by atoms with Gasteiger partial charge in [0.1, 0.15) is 0 Å². The molecule has 0 saturated carbocycles. The van der Waals surface area contributed by atoms with E-state index >= 15 is 0 Å². The van der Waals surface area contributed by atoms with Crippen molar-refractivity contribution < 1.29 is 19.4 Å². The Morgan fingerprint density at radius 2 is 2.04 bits per heavy atom. The molecule has 0 atom stereocenters. The molecule has 2 N–H and O–H groups in total. The minimum atomic E-state index is -0.619. The van der Waals surface area contributed by atoms with Gasteiger partial charge in [0.2, 0.25) is 0 Å². The van der Waals surface area contributed by atoms with Gasteiger partial charge in [-0.15, -0.1) is 0 Å². The molecule has 0 radical (unpaired) electrons. The van der Waals surface area contributed by atoms with E-state index < -0.39 is 5.97 Å². The van der Waals surface area contributed by atoms with Crippen LogP contribution in [0.5, 0.6) is 11.5 Å². The van der Waals surface area contributed by atoms with Gasteiger partial charge in [0.25, 0.3) is 0 Å². The number of hydrogen-bond donors (Lipinski definition) is 2.